The molecule has 1 atom stereocenters. The van der Waals surface area contributed by atoms with Crippen molar-refractivity contribution < 1.29 is 4.79 Å². The molecule has 112 valence electrons. The lowest BCUT2D eigenvalue weighted by Gasteiger charge is -2.34. The zero-order chi connectivity index (χ0) is 14.6. The van der Waals surface area contributed by atoms with Crippen molar-refractivity contribution in [3.05, 3.63) is 0 Å². The highest BCUT2D eigenvalue weighted by Crippen LogP contribution is 2.15. The molecule has 1 N–H and O–H groups in total. The van der Waals surface area contributed by atoms with Crippen LogP contribution < -0.4 is 5.32 Å². The molecule has 0 aromatic rings. The number of nitrogens with one attached hydrogen (secondary N) is 1. The summed E-state index contributed by atoms with van der Waals surface area (Å²) < 4.78 is 0. The molecule has 1 unspecified atom stereocenters. The maximum atomic E-state index is 12.0. The molecule has 1 fully saturated rings. The minimum Gasteiger partial charge on any atom is -0.325 e. The average Bonchev–Trinajstić information content (AvgIpc) is 2.59. The summed E-state index contributed by atoms with van der Waals surface area (Å²) in [6.07, 6.45) is 1.27. The van der Waals surface area contributed by atoms with Crippen molar-refractivity contribution >= 4 is 5.91 Å². The van der Waals surface area contributed by atoms with Crippen molar-refractivity contribution in [1.29, 1.82) is 0 Å². The van der Waals surface area contributed by atoms with E-state index in [4.69, 9.17) is 0 Å². The molecule has 0 aliphatic carbocycles. The zero-order valence-electron chi connectivity index (χ0n) is 13.4. The standard InChI is InChI=1S/C15H31N3O/c1-11(2)9-14-16-10-15(19)18(14)8-7-17(12(3)4)13(5)6/h11-14,16H,7-10H2,1-6H3. The number of nitrogens with zero attached hydrogens (tertiary/aromatic N) is 2. The van der Waals surface area contributed by atoms with Crippen molar-refractivity contribution in [3.63, 3.8) is 0 Å². The highest BCUT2D eigenvalue weighted by Gasteiger charge is 2.30. The number of hydrogen-bond donors (Lipinski definition) is 1. The van der Waals surface area contributed by atoms with Crippen LogP contribution in [0.3, 0.4) is 0 Å². The summed E-state index contributed by atoms with van der Waals surface area (Å²) in [6.45, 7) is 15.6. The lowest BCUT2D eigenvalue weighted by Crippen LogP contribution is -2.46. The number of rotatable bonds is 7. The smallest absolute Gasteiger partial charge is 0.237 e. The Morgan fingerprint density at radius 1 is 1.21 bits per heavy atom. The molecule has 0 aromatic carbocycles. The molecule has 1 heterocycles. The molecule has 1 rings (SSSR count). The molecule has 4 nitrogen and oxygen atoms in total. The molecular formula is C15H31N3O. The molecule has 1 aliphatic rings. The van der Waals surface area contributed by atoms with Gasteiger partial charge in [0.2, 0.25) is 5.91 Å². The van der Waals surface area contributed by atoms with Crippen molar-refractivity contribution in [1.82, 2.24) is 15.1 Å². The molecule has 4 heteroatoms. The van der Waals surface area contributed by atoms with Gasteiger partial charge >= 0.3 is 0 Å². The van der Waals surface area contributed by atoms with Crippen LogP contribution in [-0.4, -0.2) is 53.6 Å². The first-order valence-electron chi connectivity index (χ1n) is 7.61. The molecule has 0 aromatic heterocycles. The molecule has 19 heavy (non-hydrogen) atoms. The van der Waals surface area contributed by atoms with Crippen molar-refractivity contribution in [3.8, 4) is 0 Å². The van der Waals surface area contributed by atoms with Crippen molar-refractivity contribution in [2.45, 2.75) is 66.2 Å². The van der Waals surface area contributed by atoms with Gasteiger partial charge in [0.1, 0.15) is 0 Å². The fraction of sp³-hybridized carbons (Fsp3) is 0.933. The van der Waals surface area contributed by atoms with Gasteiger partial charge in [-0.1, -0.05) is 13.8 Å². The van der Waals surface area contributed by atoms with Gasteiger partial charge in [0.25, 0.3) is 0 Å². The Labute approximate surface area is 118 Å². The van der Waals surface area contributed by atoms with E-state index in [1.807, 2.05) is 4.90 Å². The second-order valence-electron chi connectivity index (χ2n) is 6.54. The highest BCUT2D eigenvalue weighted by atomic mass is 16.2. The molecule has 0 spiro atoms. The molecule has 1 saturated heterocycles. The zero-order valence-corrected chi connectivity index (χ0v) is 13.4. The van der Waals surface area contributed by atoms with Gasteiger partial charge in [-0.15, -0.1) is 0 Å². The van der Waals surface area contributed by atoms with Crippen LogP contribution in [0, 0.1) is 5.92 Å². The number of hydrogen-bond acceptors (Lipinski definition) is 3. The highest BCUT2D eigenvalue weighted by molar-refractivity contribution is 5.80. The molecule has 0 radical (unpaired) electrons. The minimum atomic E-state index is 0.230. The first kappa shape index (κ1) is 16.4. The molecule has 0 saturated carbocycles. The Morgan fingerprint density at radius 3 is 2.26 bits per heavy atom. The summed E-state index contributed by atoms with van der Waals surface area (Å²) in [6, 6.07) is 1.04. The van der Waals surface area contributed by atoms with Gasteiger partial charge in [-0.3, -0.25) is 15.0 Å². The van der Waals surface area contributed by atoms with Crippen molar-refractivity contribution in [2.24, 2.45) is 5.92 Å². The van der Waals surface area contributed by atoms with E-state index in [9.17, 15) is 4.79 Å². The van der Waals surface area contributed by atoms with Gasteiger partial charge in [-0.05, 0) is 40.0 Å². The molecule has 1 aliphatic heterocycles. The molecule has 0 bridgehead atoms. The van der Waals surface area contributed by atoms with Gasteiger partial charge in [0.15, 0.2) is 0 Å². The van der Waals surface area contributed by atoms with E-state index in [0.29, 0.717) is 24.5 Å². The fourth-order valence-corrected chi connectivity index (χ4v) is 2.86. The summed E-state index contributed by atoms with van der Waals surface area (Å²) in [5.41, 5.74) is 0. The second-order valence-corrected chi connectivity index (χ2v) is 6.54. The minimum absolute atomic E-state index is 0.230. The number of amides is 1. The van der Waals surface area contributed by atoms with E-state index in [0.717, 1.165) is 19.5 Å². The summed E-state index contributed by atoms with van der Waals surface area (Å²) in [5, 5.41) is 3.33. The summed E-state index contributed by atoms with van der Waals surface area (Å²) >= 11 is 0. The van der Waals surface area contributed by atoms with Crippen molar-refractivity contribution in [2.75, 3.05) is 19.6 Å². The third-order valence-electron chi connectivity index (χ3n) is 3.81. The van der Waals surface area contributed by atoms with E-state index < -0.39 is 0 Å². The van der Waals surface area contributed by atoms with Crippen LogP contribution in [0.5, 0.6) is 0 Å². The van der Waals surface area contributed by atoms with E-state index in [1.165, 1.54) is 0 Å². The van der Waals surface area contributed by atoms with Crippen LogP contribution >= 0.6 is 0 Å². The van der Waals surface area contributed by atoms with E-state index in [2.05, 4.69) is 51.8 Å². The Hall–Kier alpha value is -0.610. The van der Waals surface area contributed by atoms with Gasteiger partial charge in [0, 0.05) is 25.2 Å². The van der Waals surface area contributed by atoms with E-state index >= 15 is 0 Å². The quantitative estimate of drug-likeness (QED) is 0.767. The predicted octanol–water partition coefficient (Wildman–Crippen LogP) is 1.91. The summed E-state index contributed by atoms with van der Waals surface area (Å²) in [7, 11) is 0. The normalized spacial score (nSPS) is 20.6. The van der Waals surface area contributed by atoms with Crippen LogP contribution in [0.4, 0.5) is 0 Å². The number of carbonyl (C=O) groups excluding carboxylic acids is 1. The third-order valence-corrected chi connectivity index (χ3v) is 3.81. The average molecular weight is 269 g/mol. The van der Waals surface area contributed by atoms with E-state index in [1.54, 1.807) is 0 Å². The van der Waals surface area contributed by atoms with E-state index in [-0.39, 0.29) is 12.1 Å². The SMILES string of the molecule is CC(C)CC1NCC(=O)N1CCN(C(C)C)C(C)C. The largest absolute Gasteiger partial charge is 0.325 e. The lowest BCUT2D eigenvalue weighted by atomic mass is 10.1. The van der Waals surface area contributed by atoms with Crippen LogP contribution in [0.1, 0.15) is 48.0 Å². The Bertz CT molecular complexity index is 281. The van der Waals surface area contributed by atoms with Gasteiger partial charge in [-0.25, -0.2) is 0 Å². The molecular weight excluding hydrogens is 238 g/mol. The maximum Gasteiger partial charge on any atom is 0.237 e. The topological polar surface area (TPSA) is 35.6 Å². The lowest BCUT2D eigenvalue weighted by molar-refractivity contribution is -0.128. The summed E-state index contributed by atoms with van der Waals surface area (Å²) in [5.74, 6) is 0.857. The number of carbonyl (C=O) groups is 1. The Morgan fingerprint density at radius 2 is 1.79 bits per heavy atom. The second kappa shape index (κ2) is 7.25. The maximum absolute atomic E-state index is 12.0. The summed E-state index contributed by atoms with van der Waals surface area (Å²) in [4.78, 5) is 16.4. The van der Waals surface area contributed by atoms with Gasteiger partial charge < -0.3 is 4.90 Å². The van der Waals surface area contributed by atoms with Crippen LogP contribution in [0.15, 0.2) is 0 Å². The van der Waals surface area contributed by atoms with Crippen LogP contribution in [0.2, 0.25) is 0 Å². The van der Waals surface area contributed by atoms with Gasteiger partial charge in [0.05, 0.1) is 12.7 Å². The molecule has 1 amide bonds. The Kier molecular flexibility index (Phi) is 6.27. The predicted molar refractivity (Wildman–Crippen MR) is 79.9 cm³/mol. The third kappa shape index (κ3) is 4.77. The monoisotopic (exact) mass is 269 g/mol. The fourth-order valence-electron chi connectivity index (χ4n) is 2.86. The first-order chi connectivity index (χ1) is 8.82. The van der Waals surface area contributed by atoms with Crippen LogP contribution in [0.25, 0.3) is 0 Å². The first-order valence-corrected chi connectivity index (χ1v) is 7.61. The van der Waals surface area contributed by atoms with Gasteiger partial charge in [-0.2, -0.15) is 0 Å². The van der Waals surface area contributed by atoms with Crippen LogP contribution in [-0.2, 0) is 4.79 Å². The Balaban J connectivity index is 2.55.